The van der Waals surface area contributed by atoms with Gasteiger partial charge in [0, 0.05) is 0 Å². The van der Waals surface area contributed by atoms with Crippen LogP contribution in [0.4, 0.5) is 0 Å². The number of aliphatic hydroxyl groups excluding tert-OH is 1. The maximum absolute atomic E-state index is 9.13. The normalized spacial score (nSPS) is 36.7. The van der Waals surface area contributed by atoms with Gasteiger partial charge in [0.25, 0.3) is 0 Å². The second-order valence-electron chi connectivity index (χ2n) is 2.91. The Morgan fingerprint density at radius 3 is 2.22 bits per heavy atom. The number of hydrogen-bond acceptors (Lipinski definition) is 1. The molecule has 0 bridgehead atoms. The van der Waals surface area contributed by atoms with Gasteiger partial charge < -0.3 is 0 Å². The summed E-state index contributed by atoms with van der Waals surface area (Å²) in [5.74, 6) is 0.938. The van der Waals surface area contributed by atoms with Crippen LogP contribution in [0.3, 0.4) is 0 Å². The van der Waals surface area contributed by atoms with E-state index in [-0.39, 0.29) is 6.10 Å². The Labute approximate surface area is 65.3 Å². The van der Waals surface area contributed by atoms with Crippen LogP contribution in [0.1, 0.15) is 25.7 Å². The SMILES string of the molecule is O[C@H]1CC[C@@H](C[AsH2])CC1. The van der Waals surface area contributed by atoms with Crippen LogP contribution in [-0.2, 0) is 0 Å². The molecule has 54 valence electrons. The summed E-state index contributed by atoms with van der Waals surface area (Å²) in [7, 11) is 0. The van der Waals surface area contributed by atoms with Crippen molar-refractivity contribution in [2.24, 2.45) is 5.92 Å². The summed E-state index contributed by atoms with van der Waals surface area (Å²) in [4.78, 5) is 0. The summed E-state index contributed by atoms with van der Waals surface area (Å²) in [6.07, 6.45) is 4.66. The summed E-state index contributed by atoms with van der Waals surface area (Å²) in [6, 6.07) is 0. The van der Waals surface area contributed by atoms with Crippen LogP contribution in [0.2, 0.25) is 5.21 Å². The van der Waals surface area contributed by atoms with Crippen LogP contribution in [0.5, 0.6) is 0 Å². The predicted octanol–water partition coefficient (Wildman–Crippen LogP) is 0.589. The summed E-state index contributed by atoms with van der Waals surface area (Å²) in [5, 5.41) is 10.5. The first-order valence-corrected chi connectivity index (χ1v) is 5.42. The van der Waals surface area contributed by atoms with Crippen molar-refractivity contribution in [2.75, 3.05) is 0 Å². The van der Waals surface area contributed by atoms with E-state index in [0.29, 0.717) is 0 Å². The molecule has 1 saturated carbocycles. The van der Waals surface area contributed by atoms with Crippen LogP contribution in [0.25, 0.3) is 0 Å². The third-order valence-corrected chi connectivity index (χ3v) is 3.55. The molecular formula is C7H15AsO. The Kier molecular flexibility index (Phi) is 3.07. The average molecular weight is 190 g/mol. The van der Waals surface area contributed by atoms with Crippen molar-refractivity contribution < 1.29 is 5.11 Å². The first-order chi connectivity index (χ1) is 4.33. The Morgan fingerprint density at radius 1 is 1.22 bits per heavy atom. The van der Waals surface area contributed by atoms with Gasteiger partial charge in [0.15, 0.2) is 0 Å². The maximum atomic E-state index is 9.13. The molecule has 1 N–H and O–H groups in total. The van der Waals surface area contributed by atoms with E-state index < -0.39 is 0 Å². The molecule has 1 nitrogen and oxygen atoms in total. The van der Waals surface area contributed by atoms with Gasteiger partial charge in [-0.05, 0) is 0 Å². The summed E-state index contributed by atoms with van der Waals surface area (Å²) < 4.78 is 0. The summed E-state index contributed by atoms with van der Waals surface area (Å²) in [5.41, 5.74) is 0. The van der Waals surface area contributed by atoms with Gasteiger partial charge in [-0.15, -0.1) is 0 Å². The zero-order valence-corrected chi connectivity index (χ0v) is 8.14. The topological polar surface area (TPSA) is 20.2 Å². The van der Waals surface area contributed by atoms with Gasteiger partial charge in [-0.25, -0.2) is 0 Å². The molecule has 2 heteroatoms. The molecule has 9 heavy (non-hydrogen) atoms. The van der Waals surface area contributed by atoms with Gasteiger partial charge >= 0.3 is 64.9 Å². The molecule has 1 aliphatic carbocycles. The molecule has 0 spiro atoms. The molecule has 1 fully saturated rings. The van der Waals surface area contributed by atoms with E-state index >= 15 is 0 Å². The van der Waals surface area contributed by atoms with Crippen molar-refractivity contribution in [2.45, 2.75) is 37.0 Å². The van der Waals surface area contributed by atoms with E-state index in [4.69, 9.17) is 5.11 Å². The van der Waals surface area contributed by atoms with Crippen LogP contribution in [0, 0.1) is 5.92 Å². The minimum absolute atomic E-state index is 0.0281. The monoisotopic (exact) mass is 190 g/mol. The van der Waals surface area contributed by atoms with Gasteiger partial charge in [-0.3, -0.25) is 0 Å². The van der Waals surface area contributed by atoms with Crippen molar-refractivity contribution in [3.63, 3.8) is 0 Å². The van der Waals surface area contributed by atoms with Crippen LogP contribution in [0.15, 0.2) is 0 Å². The fraction of sp³-hybridized carbons (Fsp3) is 1.00. The van der Waals surface area contributed by atoms with Gasteiger partial charge in [0.1, 0.15) is 0 Å². The van der Waals surface area contributed by atoms with Gasteiger partial charge in [-0.1, -0.05) is 0 Å². The quantitative estimate of drug-likeness (QED) is 0.600. The molecule has 0 radical (unpaired) electrons. The third-order valence-electron chi connectivity index (χ3n) is 2.15. The predicted molar refractivity (Wildman–Crippen MR) is 41.3 cm³/mol. The minimum atomic E-state index is 0.0281. The zero-order chi connectivity index (χ0) is 6.69. The molecule has 0 saturated heterocycles. The second-order valence-corrected chi connectivity index (χ2v) is 3.90. The van der Waals surface area contributed by atoms with Gasteiger partial charge in [0.2, 0.25) is 0 Å². The molecule has 0 heterocycles. The van der Waals surface area contributed by atoms with Crippen LogP contribution in [-0.4, -0.2) is 28.1 Å². The molecule has 0 aromatic rings. The van der Waals surface area contributed by atoms with Crippen LogP contribution < -0.4 is 0 Å². The second kappa shape index (κ2) is 3.63. The number of rotatable bonds is 1. The van der Waals surface area contributed by atoms with E-state index in [0.717, 1.165) is 18.8 Å². The van der Waals surface area contributed by atoms with E-state index in [1.165, 1.54) is 18.1 Å². The molecule has 1 atom stereocenters. The first-order valence-electron chi connectivity index (χ1n) is 3.71. The molecule has 1 aliphatic rings. The Hall–Kier alpha value is 0.518. The summed E-state index contributed by atoms with van der Waals surface area (Å²) >= 11 is 1.83. The number of hydrogen-bond donors (Lipinski definition) is 1. The molecule has 0 aromatic carbocycles. The standard InChI is InChI=1S/C7H15AsO/c8-5-6-1-3-7(9)4-2-6/h6-7,9H,1-5,8H2/t6-,7+. The average Bonchev–Trinajstić information content (AvgIpc) is 1.90. The van der Waals surface area contributed by atoms with E-state index in [1.807, 2.05) is 16.9 Å². The van der Waals surface area contributed by atoms with Crippen molar-refractivity contribution >= 4 is 16.9 Å². The Balaban J connectivity index is 2.18. The van der Waals surface area contributed by atoms with Crippen molar-refractivity contribution in [1.82, 2.24) is 0 Å². The molecule has 0 aromatic heterocycles. The van der Waals surface area contributed by atoms with E-state index in [2.05, 4.69) is 0 Å². The molecule has 1 unspecified atom stereocenters. The third kappa shape index (κ3) is 2.31. The van der Waals surface area contributed by atoms with Gasteiger partial charge in [-0.2, -0.15) is 0 Å². The fourth-order valence-corrected chi connectivity index (χ4v) is 2.37. The molecule has 0 amide bonds. The van der Waals surface area contributed by atoms with Crippen LogP contribution >= 0.6 is 0 Å². The number of aliphatic hydroxyl groups is 1. The Bertz CT molecular complexity index is 77.0. The van der Waals surface area contributed by atoms with Crippen molar-refractivity contribution in [3.8, 4) is 0 Å². The van der Waals surface area contributed by atoms with E-state index in [9.17, 15) is 0 Å². The van der Waals surface area contributed by atoms with E-state index in [1.54, 1.807) is 0 Å². The summed E-state index contributed by atoms with van der Waals surface area (Å²) in [6.45, 7) is 0. The van der Waals surface area contributed by atoms with Crippen molar-refractivity contribution in [3.05, 3.63) is 0 Å². The van der Waals surface area contributed by atoms with Crippen molar-refractivity contribution in [1.29, 1.82) is 0 Å². The Morgan fingerprint density at radius 2 is 1.78 bits per heavy atom. The molecule has 1 rings (SSSR count). The fourth-order valence-electron chi connectivity index (χ4n) is 1.38. The molecular weight excluding hydrogens is 175 g/mol. The first kappa shape index (κ1) is 7.62. The molecule has 0 aliphatic heterocycles. The zero-order valence-electron chi connectivity index (χ0n) is 5.71. The van der Waals surface area contributed by atoms with Gasteiger partial charge in [0.05, 0.1) is 0 Å².